The van der Waals surface area contributed by atoms with Crippen LogP contribution < -0.4 is 5.32 Å². The molecule has 0 spiro atoms. The van der Waals surface area contributed by atoms with E-state index in [0.717, 1.165) is 23.3 Å². The Labute approximate surface area is 156 Å². The number of hydrogen-bond donors (Lipinski definition) is 2. The molecule has 24 heavy (non-hydrogen) atoms. The highest BCUT2D eigenvalue weighted by molar-refractivity contribution is 9.10. The molecule has 0 fully saturated rings. The van der Waals surface area contributed by atoms with E-state index in [1.54, 1.807) is 11.3 Å². The summed E-state index contributed by atoms with van der Waals surface area (Å²) in [5, 5.41) is 14.4. The van der Waals surface area contributed by atoms with Gasteiger partial charge >= 0.3 is 0 Å². The van der Waals surface area contributed by atoms with E-state index in [2.05, 4.69) is 80.9 Å². The zero-order valence-corrected chi connectivity index (χ0v) is 17.0. The Morgan fingerprint density at radius 3 is 2.62 bits per heavy atom. The van der Waals surface area contributed by atoms with Crippen molar-refractivity contribution in [3.05, 3.63) is 38.3 Å². The minimum Gasteiger partial charge on any atom is -0.349 e. The quantitative estimate of drug-likeness (QED) is 0.683. The predicted octanol–water partition coefficient (Wildman–Crippen LogP) is 4.17. The Morgan fingerprint density at radius 2 is 2.12 bits per heavy atom. The number of aromatic nitrogens is 2. The Balaban J connectivity index is 2.10. The lowest BCUT2D eigenvalue weighted by Gasteiger charge is -2.29. The van der Waals surface area contributed by atoms with Gasteiger partial charge in [-0.15, -0.1) is 0 Å². The summed E-state index contributed by atoms with van der Waals surface area (Å²) in [6.07, 6.45) is 0. The Bertz CT molecular complexity index is 650. The van der Waals surface area contributed by atoms with Crippen molar-refractivity contribution in [1.82, 2.24) is 20.4 Å². The van der Waals surface area contributed by atoms with Crippen molar-refractivity contribution in [2.24, 2.45) is 0 Å². The standard InChI is InChI=1S/C17H25BrN4OS/c1-5-22(6-2)13(12-7-8-24-10-12)9-19-17(23)16-14(18)15(11(3)4)20-21-16/h7-8,10-11,13H,5-6,9H2,1-4H3,(H,19,23)(H,20,21). The zero-order chi connectivity index (χ0) is 17.7. The molecule has 2 aromatic heterocycles. The molecule has 0 aliphatic heterocycles. The van der Waals surface area contributed by atoms with Gasteiger partial charge in [0.2, 0.25) is 0 Å². The number of thiophene rings is 1. The number of likely N-dealkylation sites (N-methyl/N-ethyl adjacent to an activating group) is 1. The lowest BCUT2D eigenvalue weighted by Crippen LogP contribution is -2.38. The molecule has 1 unspecified atom stereocenters. The van der Waals surface area contributed by atoms with Gasteiger partial charge in [0.25, 0.3) is 5.91 Å². The van der Waals surface area contributed by atoms with E-state index < -0.39 is 0 Å². The number of carbonyl (C=O) groups is 1. The van der Waals surface area contributed by atoms with Gasteiger partial charge < -0.3 is 5.32 Å². The molecule has 132 valence electrons. The maximum Gasteiger partial charge on any atom is 0.273 e. The lowest BCUT2D eigenvalue weighted by atomic mass is 10.1. The molecule has 7 heteroatoms. The van der Waals surface area contributed by atoms with Crippen molar-refractivity contribution >= 4 is 33.2 Å². The topological polar surface area (TPSA) is 61.0 Å². The van der Waals surface area contributed by atoms with Crippen molar-refractivity contribution in [3.63, 3.8) is 0 Å². The van der Waals surface area contributed by atoms with Crippen molar-refractivity contribution in [2.45, 2.75) is 39.7 Å². The fourth-order valence-corrected chi connectivity index (χ4v) is 4.26. The smallest absolute Gasteiger partial charge is 0.273 e. The van der Waals surface area contributed by atoms with E-state index in [1.807, 2.05) is 0 Å². The second-order valence-electron chi connectivity index (χ2n) is 5.96. The van der Waals surface area contributed by atoms with E-state index in [4.69, 9.17) is 0 Å². The normalized spacial score (nSPS) is 12.8. The first kappa shape index (κ1) is 19.1. The third-order valence-corrected chi connectivity index (χ3v) is 5.67. The van der Waals surface area contributed by atoms with Gasteiger partial charge in [-0.2, -0.15) is 16.4 Å². The minimum atomic E-state index is -0.155. The number of halogens is 1. The van der Waals surface area contributed by atoms with Gasteiger partial charge in [0, 0.05) is 6.54 Å². The monoisotopic (exact) mass is 412 g/mol. The fourth-order valence-electron chi connectivity index (χ4n) is 2.73. The molecule has 2 N–H and O–H groups in total. The number of hydrogen-bond acceptors (Lipinski definition) is 4. The SMILES string of the molecule is CCN(CC)C(CNC(=O)c1n[nH]c(C(C)C)c1Br)c1ccsc1. The molecule has 2 rings (SSSR count). The maximum atomic E-state index is 12.5. The second kappa shape index (κ2) is 8.78. The predicted molar refractivity (Wildman–Crippen MR) is 103 cm³/mol. The van der Waals surface area contributed by atoms with Crippen molar-refractivity contribution in [3.8, 4) is 0 Å². The molecule has 0 aliphatic carbocycles. The van der Waals surface area contributed by atoms with Crippen LogP contribution >= 0.6 is 27.3 Å². The van der Waals surface area contributed by atoms with Gasteiger partial charge in [-0.05, 0) is 57.3 Å². The highest BCUT2D eigenvalue weighted by Gasteiger charge is 2.23. The van der Waals surface area contributed by atoms with E-state index in [-0.39, 0.29) is 17.9 Å². The van der Waals surface area contributed by atoms with E-state index in [1.165, 1.54) is 5.56 Å². The van der Waals surface area contributed by atoms with E-state index >= 15 is 0 Å². The Hall–Kier alpha value is -1.18. The van der Waals surface area contributed by atoms with Gasteiger partial charge in [-0.1, -0.05) is 27.7 Å². The maximum absolute atomic E-state index is 12.5. The summed E-state index contributed by atoms with van der Waals surface area (Å²) >= 11 is 5.17. The van der Waals surface area contributed by atoms with Gasteiger partial charge in [0.15, 0.2) is 5.69 Å². The Morgan fingerprint density at radius 1 is 1.42 bits per heavy atom. The molecular weight excluding hydrogens is 388 g/mol. The summed E-state index contributed by atoms with van der Waals surface area (Å²) in [6, 6.07) is 2.30. The number of nitrogens with one attached hydrogen (secondary N) is 2. The average molecular weight is 413 g/mol. The van der Waals surface area contributed by atoms with Crippen LogP contribution in [-0.4, -0.2) is 40.6 Å². The molecule has 5 nitrogen and oxygen atoms in total. The van der Waals surface area contributed by atoms with Crippen LogP contribution in [0.5, 0.6) is 0 Å². The third-order valence-electron chi connectivity index (χ3n) is 4.16. The average Bonchev–Trinajstić information content (AvgIpc) is 3.20. The first-order chi connectivity index (χ1) is 11.5. The molecule has 1 amide bonds. The molecule has 0 aliphatic rings. The number of rotatable bonds is 8. The van der Waals surface area contributed by atoms with Gasteiger partial charge in [0.05, 0.1) is 16.2 Å². The van der Waals surface area contributed by atoms with Crippen LogP contribution in [0.2, 0.25) is 0 Å². The summed E-state index contributed by atoms with van der Waals surface area (Å²) in [5.74, 6) is 0.125. The van der Waals surface area contributed by atoms with Gasteiger partial charge in [0.1, 0.15) is 0 Å². The molecule has 1 atom stereocenters. The summed E-state index contributed by atoms with van der Waals surface area (Å²) in [7, 11) is 0. The number of nitrogens with zero attached hydrogens (tertiary/aromatic N) is 2. The Kier molecular flexibility index (Phi) is 7.01. The van der Waals surface area contributed by atoms with Crippen LogP contribution in [0.3, 0.4) is 0 Å². The highest BCUT2D eigenvalue weighted by Crippen LogP contribution is 2.26. The van der Waals surface area contributed by atoms with Gasteiger partial charge in [-0.3, -0.25) is 14.8 Å². The summed E-state index contributed by atoms with van der Waals surface area (Å²) in [4.78, 5) is 14.9. The van der Waals surface area contributed by atoms with Crippen LogP contribution in [0, 0.1) is 0 Å². The molecule has 0 radical (unpaired) electrons. The number of aromatic amines is 1. The van der Waals surface area contributed by atoms with Crippen LogP contribution in [0.25, 0.3) is 0 Å². The lowest BCUT2D eigenvalue weighted by molar-refractivity contribution is 0.0929. The zero-order valence-electron chi connectivity index (χ0n) is 14.6. The van der Waals surface area contributed by atoms with Crippen LogP contribution in [0.1, 0.15) is 61.4 Å². The highest BCUT2D eigenvalue weighted by atomic mass is 79.9. The third kappa shape index (κ3) is 4.26. The summed E-state index contributed by atoms with van der Waals surface area (Å²) in [6.45, 7) is 10.9. The van der Waals surface area contributed by atoms with Crippen LogP contribution in [0.15, 0.2) is 21.3 Å². The number of carbonyl (C=O) groups excluding carboxylic acids is 1. The van der Waals surface area contributed by atoms with Crippen LogP contribution in [0.4, 0.5) is 0 Å². The largest absolute Gasteiger partial charge is 0.349 e. The summed E-state index contributed by atoms with van der Waals surface area (Å²) < 4.78 is 0.755. The van der Waals surface area contributed by atoms with Crippen molar-refractivity contribution in [2.75, 3.05) is 19.6 Å². The van der Waals surface area contributed by atoms with Crippen molar-refractivity contribution < 1.29 is 4.79 Å². The fraction of sp³-hybridized carbons (Fsp3) is 0.529. The first-order valence-corrected chi connectivity index (χ1v) is 10.0. The molecule has 0 saturated heterocycles. The molecular formula is C17H25BrN4OS. The molecule has 2 aromatic rings. The molecule has 2 heterocycles. The molecule has 0 aromatic carbocycles. The number of H-pyrrole nitrogens is 1. The van der Waals surface area contributed by atoms with Gasteiger partial charge in [-0.25, -0.2) is 0 Å². The first-order valence-electron chi connectivity index (χ1n) is 8.27. The second-order valence-corrected chi connectivity index (χ2v) is 7.53. The van der Waals surface area contributed by atoms with E-state index in [0.29, 0.717) is 12.2 Å². The van der Waals surface area contributed by atoms with Crippen molar-refractivity contribution in [1.29, 1.82) is 0 Å². The summed E-state index contributed by atoms with van der Waals surface area (Å²) in [5.41, 5.74) is 2.61. The van der Waals surface area contributed by atoms with Crippen LogP contribution in [-0.2, 0) is 0 Å². The minimum absolute atomic E-state index is 0.155. The van der Waals surface area contributed by atoms with E-state index in [9.17, 15) is 4.79 Å². The molecule has 0 saturated carbocycles. The molecule has 0 bridgehead atoms. The number of amides is 1.